The van der Waals surface area contributed by atoms with Crippen LogP contribution >= 0.6 is 0 Å². The number of fused-ring (bicyclic) bond motifs is 1. The molecular formula is C21H25NO. The minimum atomic E-state index is 0.260. The molecule has 2 aromatic rings. The van der Waals surface area contributed by atoms with Crippen LogP contribution < -0.4 is 0 Å². The molecule has 23 heavy (non-hydrogen) atoms. The monoisotopic (exact) mass is 307 g/mol. The lowest BCUT2D eigenvalue weighted by molar-refractivity contribution is -0.00710. The third-order valence-electron chi connectivity index (χ3n) is 7.00. The van der Waals surface area contributed by atoms with Crippen LogP contribution in [-0.4, -0.2) is 11.3 Å². The van der Waals surface area contributed by atoms with Crippen LogP contribution in [0, 0.1) is 17.8 Å². The molecule has 1 aromatic heterocycles. The highest BCUT2D eigenvalue weighted by Crippen LogP contribution is 2.61. The lowest BCUT2D eigenvalue weighted by Gasteiger charge is -2.56. The van der Waals surface area contributed by atoms with Gasteiger partial charge in [-0.05, 0) is 80.4 Å². The highest BCUT2D eigenvalue weighted by molar-refractivity contribution is 5.99. The zero-order valence-electron chi connectivity index (χ0n) is 13.9. The van der Waals surface area contributed by atoms with Crippen LogP contribution in [0.3, 0.4) is 0 Å². The van der Waals surface area contributed by atoms with Crippen molar-refractivity contribution in [1.82, 2.24) is 4.98 Å². The van der Waals surface area contributed by atoms with Gasteiger partial charge in [0.1, 0.15) is 0 Å². The molecule has 6 rings (SSSR count). The second kappa shape index (κ2) is 4.72. The van der Waals surface area contributed by atoms with E-state index < -0.39 is 0 Å². The third kappa shape index (κ3) is 1.90. The van der Waals surface area contributed by atoms with Gasteiger partial charge in [-0.25, -0.2) is 0 Å². The molecule has 0 aliphatic heterocycles. The second-order valence-corrected chi connectivity index (χ2v) is 8.46. The minimum absolute atomic E-state index is 0.260. The highest BCUT2D eigenvalue weighted by Gasteiger charge is 2.53. The number of rotatable bonds is 3. The van der Waals surface area contributed by atoms with Gasteiger partial charge in [-0.2, -0.15) is 0 Å². The van der Waals surface area contributed by atoms with Crippen molar-refractivity contribution < 1.29 is 4.79 Å². The number of carbonyl (C=O) groups is 1. The molecule has 4 fully saturated rings. The summed E-state index contributed by atoms with van der Waals surface area (Å²) in [7, 11) is 0. The molecule has 0 saturated heterocycles. The molecule has 1 N–H and O–H groups in total. The number of hydrogen-bond donors (Lipinski definition) is 1. The minimum Gasteiger partial charge on any atom is -0.357 e. The highest BCUT2D eigenvalue weighted by atomic mass is 16.1. The van der Waals surface area contributed by atoms with Crippen LogP contribution in [-0.2, 0) is 11.8 Å². The molecule has 1 heterocycles. The van der Waals surface area contributed by atoms with Crippen molar-refractivity contribution in [3.8, 4) is 0 Å². The van der Waals surface area contributed by atoms with E-state index in [9.17, 15) is 4.79 Å². The van der Waals surface area contributed by atoms with Gasteiger partial charge in [0, 0.05) is 27.6 Å². The summed E-state index contributed by atoms with van der Waals surface area (Å²) in [6.45, 7) is 2.17. The van der Waals surface area contributed by atoms with Crippen LogP contribution in [0.2, 0.25) is 0 Å². The number of H-pyrrole nitrogens is 1. The number of hydrogen-bond acceptors (Lipinski definition) is 1. The van der Waals surface area contributed by atoms with Gasteiger partial charge in [0.05, 0.1) is 0 Å². The van der Waals surface area contributed by atoms with E-state index in [0.717, 1.165) is 46.9 Å². The average molecular weight is 307 g/mol. The number of benzene rings is 1. The zero-order chi connectivity index (χ0) is 15.6. The van der Waals surface area contributed by atoms with Gasteiger partial charge in [-0.1, -0.05) is 13.0 Å². The molecule has 4 aliphatic carbocycles. The Balaban J connectivity index is 1.69. The van der Waals surface area contributed by atoms with Gasteiger partial charge >= 0.3 is 0 Å². The number of aryl methyl sites for hydroxylation is 1. The molecule has 4 saturated carbocycles. The summed E-state index contributed by atoms with van der Waals surface area (Å²) in [4.78, 5) is 15.7. The molecular weight excluding hydrogens is 282 g/mol. The number of aromatic amines is 1. The third-order valence-corrected chi connectivity index (χ3v) is 7.00. The normalized spacial score (nSPS) is 35.1. The summed E-state index contributed by atoms with van der Waals surface area (Å²) in [5.41, 5.74) is 4.95. The van der Waals surface area contributed by atoms with E-state index in [1.54, 1.807) is 0 Å². The summed E-state index contributed by atoms with van der Waals surface area (Å²) >= 11 is 0. The summed E-state index contributed by atoms with van der Waals surface area (Å²) < 4.78 is 0. The van der Waals surface area contributed by atoms with Crippen molar-refractivity contribution in [2.24, 2.45) is 17.8 Å². The van der Waals surface area contributed by atoms with Crippen LogP contribution in [0.25, 0.3) is 10.9 Å². The standard InChI is InChI=1S/C21H25NO/c1-2-13-3-4-19-17(8-13)18(12-23)20(22-19)21-9-14-5-15(10-21)7-16(6-14)11-21/h3-4,8,12,14-16,22H,2,5-7,9-11H2,1H3. The molecule has 120 valence electrons. The summed E-state index contributed by atoms with van der Waals surface area (Å²) in [6.07, 6.45) is 10.4. The fourth-order valence-electron chi connectivity index (χ4n) is 6.44. The smallest absolute Gasteiger partial charge is 0.152 e. The molecule has 4 aliphatic rings. The second-order valence-electron chi connectivity index (χ2n) is 8.46. The van der Waals surface area contributed by atoms with Crippen molar-refractivity contribution in [2.75, 3.05) is 0 Å². The summed E-state index contributed by atoms with van der Waals surface area (Å²) in [6, 6.07) is 6.58. The maximum atomic E-state index is 12.0. The van der Waals surface area contributed by atoms with Gasteiger partial charge in [0.2, 0.25) is 0 Å². The SMILES string of the molecule is CCc1ccc2[nH]c(C34CC5CC(CC(C5)C3)C4)c(C=O)c2c1. The topological polar surface area (TPSA) is 32.9 Å². The average Bonchev–Trinajstić information content (AvgIpc) is 2.92. The molecule has 0 spiro atoms. The van der Waals surface area contributed by atoms with E-state index in [-0.39, 0.29) is 5.41 Å². The quantitative estimate of drug-likeness (QED) is 0.794. The maximum absolute atomic E-state index is 12.0. The Morgan fingerprint density at radius 3 is 2.35 bits per heavy atom. The van der Waals surface area contributed by atoms with E-state index in [1.807, 2.05) is 0 Å². The molecule has 0 radical (unpaired) electrons. The Labute approximate surface area is 137 Å². The molecule has 2 nitrogen and oxygen atoms in total. The Kier molecular flexibility index (Phi) is 2.84. The van der Waals surface area contributed by atoms with E-state index >= 15 is 0 Å². The van der Waals surface area contributed by atoms with Crippen molar-refractivity contribution in [3.05, 3.63) is 35.0 Å². The van der Waals surface area contributed by atoms with Gasteiger partial charge in [-0.3, -0.25) is 4.79 Å². The summed E-state index contributed by atoms with van der Waals surface area (Å²) in [5.74, 6) is 2.70. The first kappa shape index (κ1) is 13.8. The van der Waals surface area contributed by atoms with E-state index in [0.29, 0.717) is 0 Å². The molecule has 0 amide bonds. The van der Waals surface area contributed by atoms with Crippen molar-refractivity contribution in [2.45, 2.75) is 57.3 Å². The summed E-state index contributed by atoms with van der Waals surface area (Å²) in [5, 5.41) is 1.14. The predicted octanol–water partition coefficient (Wildman–Crippen LogP) is 5.01. The fraction of sp³-hybridized carbons (Fsp3) is 0.571. The lowest BCUT2D eigenvalue weighted by atomic mass is 9.48. The largest absolute Gasteiger partial charge is 0.357 e. The first-order chi connectivity index (χ1) is 11.2. The van der Waals surface area contributed by atoms with Crippen LogP contribution in [0.15, 0.2) is 18.2 Å². The Bertz CT molecular complexity index is 749. The number of aromatic nitrogens is 1. The van der Waals surface area contributed by atoms with E-state index in [1.165, 1.54) is 49.8 Å². The Morgan fingerprint density at radius 2 is 1.78 bits per heavy atom. The van der Waals surface area contributed by atoms with Crippen molar-refractivity contribution in [1.29, 1.82) is 0 Å². The molecule has 4 bridgehead atoms. The molecule has 0 unspecified atom stereocenters. The van der Waals surface area contributed by atoms with E-state index in [4.69, 9.17) is 0 Å². The van der Waals surface area contributed by atoms with Crippen molar-refractivity contribution >= 4 is 17.2 Å². The first-order valence-corrected chi connectivity index (χ1v) is 9.31. The van der Waals surface area contributed by atoms with Gasteiger partial charge in [-0.15, -0.1) is 0 Å². The lowest BCUT2D eigenvalue weighted by Crippen LogP contribution is -2.49. The van der Waals surface area contributed by atoms with Gasteiger partial charge in [0.15, 0.2) is 6.29 Å². The molecule has 1 aromatic carbocycles. The number of nitrogens with one attached hydrogen (secondary N) is 1. The fourth-order valence-corrected chi connectivity index (χ4v) is 6.44. The van der Waals surface area contributed by atoms with Crippen LogP contribution in [0.4, 0.5) is 0 Å². The zero-order valence-corrected chi connectivity index (χ0v) is 13.9. The van der Waals surface area contributed by atoms with Crippen LogP contribution in [0.1, 0.15) is 67.1 Å². The van der Waals surface area contributed by atoms with Crippen molar-refractivity contribution in [3.63, 3.8) is 0 Å². The predicted molar refractivity (Wildman–Crippen MR) is 92.9 cm³/mol. The van der Waals surface area contributed by atoms with Gasteiger partial charge < -0.3 is 4.98 Å². The number of carbonyl (C=O) groups excluding carboxylic acids is 1. The Morgan fingerprint density at radius 1 is 1.13 bits per heavy atom. The maximum Gasteiger partial charge on any atom is 0.152 e. The van der Waals surface area contributed by atoms with Crippen LogP contribution in [0.5, 0.6) is 0 Å². The van der Waals surface area contributed by atoms with Gasteiger partial charge in [0.25, 0.3) is 0 Å². The molecule has 0 atom stereocenters. The van der Waals surface area contributed by atoms with E-state index in [2.05, 4.69) is 30.1 Å². The first-order valence-electron chi connectivity index (χ1n) is 9.31. The molecule has 2 heteroatoms. The Hall–Kier alpha value is -1.57. The number of aldehydes is 1.